The Kier molecular flexibility index (Phi) is 4.34. The zero-order valence-electron chi connectivity index (χ0n) is 9.53. The van der Waals surface area contributed by atoms with Gasteiger partial charge in [0.2, 0.25) is 5.56 Å². The van der Waals surface area contributed by atoms with Crippen molar-refractivity contribution in [1.82, 2.24) is 9.88 Å². The van der Waals surface area contributed by atoms with Crippen molar-refractivity contribution in [3.05, 3.63) is 40.4 Å². The SMILES string of the molecule is CCN(C=C(C#N)c1cc[nH]c(=O)c1)CC. The van der Waals surface area contributed by atoms with Crippen LogP contribution in [0.25, 0.3) is 5.57 Å². The number of nitriles is 1. The molecule has 0 aliphatic carbocycles. The van der Waals surface area contributed by atoms with Crippen LogP contribution in [-0.2, 0) is 0 Å². The topological polar surface area (TPSA) is 59.9 Å². The molecule has 0 aromatic carbocycles. The van der Waals surface area contributed by atoms with Gasteiger partial charge in [0.25, 0.3) is 0 Å². The highest BCUT2D eigenvalue weighted by molar-refractivity contribution is 5.76. The Morgan fingerprint density at radius 1 is 1.56 bits per heavy atom. The van der Waals surface area contributed by atoms with Crippen molar-refractivity contribution in [2.45, 2.75) is 13.8 Å². The third-order valence-electron chi connectivity index (χ3n) is 2.33. The molecule has 84 valence electrons. The molecule has 1 aromatic heterocycles. The van der Waals surface area contributed by atoms with Crippen LogP contribution in [0.5, 0.6) is 0 Å². The second-order valence-corrected chi connectivity index (χ2v) is 3.32. The lowest BCUT2D eigenvalue weighted by Gasteiger charge is -2.15. The van der Waals surface area contributed by atoms with Gasteiger partial charge in [-0.15, -0.1) is 0 Å². The van der Waals surface area contributed by atoms with Crippen LogP contribution in [0.4, 0.5) is 0 Å². The molecular formula is C12H15N3O. The Hall–Kier alpha value is -2.02. The van der Waals surface area contributed by atoms with E-state index in [9.17, 15) is 4.79 Å². The predicted octanol–water partition coefficient (Wildman–Crippen LogP) is 1.58. The fraction of sp³-hybridized carbons (Fsp3) is 0.333. The number of aromatic nitrogens is 1. The molecule has 16 heavy (non-hydrogen) atoms. The van der Waals surface area contributed by atoms with Crippen molar-refractivity contribution in [3.8, 4) is 6.07 Å². The first-order chi connectivity index (χ1) is 7.71. The zero-order chi connectivity index (χ0) is 12.0. The van der Waals surface area contributed by atoms with E-state index in [1.165, 1.54) is 6.07 Å². The van der Waals surface area contributed by atoms with Gasteiger partial charge in [0.05, 0.1) is 5.57 Å². The lowest BCUT2D eigenvalue weighted by molar-refractivity contribution is 0.420. The zero-order valence-corrected chi connectivity index (χ0v) is 9.53. The van der Waals surface area contributed by atoms with Crippen LogP contribution in [0.1, 0.15) is 19.4 Å². The van der Waals surface area contributed by atoms with Gasteiger partial charge in [-0.3, -0.25) is 4.79 Å². The highest BCUT2D eigenvalue weighted by Gasteiger charge is 2.03. The van der Waals surface area contributed by atoms with Crippen molar-refractivity contribution in [3.63, 3.8) is 0 Å². The van der Waals surface area contributed by atoms with E-state index in [0.717, 1.165) is 13.1 Å². The van der Waals surface area contributed by atoms with E-state index in [1.54, 1.807) is 18.5 Å². The van der Waals surface area contributed by atoms with Crippen LogP contribution in [0, 0.1) is 11.3 Å². The maximum atomic E-state index is 11.1. The number of allylic oxidation sites excluding steroid dienone is 1. The molecule has 0 spiro atoms. The third kappa shape index (κ3) is 2.99. The minimum absolute atomic E-state index is 0.196. The van der Waals surface area contributed by atoms with E-state index in [2.05, 4.69) is 11.1 Å². The highest BCUT2D eigenvalue weighted by Crippen LogP contribution is 2.11. The van der Waals surface area contributed by atoms with Gasteiger partial charge in [0.1, 0.15) is 6.07 Å². The second kappa shape index (κ2) is 5.76. The fourth-order valence-electron chi connectivity index (χ4n) is 1.37. The maximum Gasteiger partial charge on any atom is 0.248 e. The summed E-state index contributed by atoms with van der Waals surface area (Å²) in [6, 6.07) is 5.26. The first kappa shape index (κ1) is 12.1. The van der Waals surface area contributed by atoms with Gasteiger partial charge in [-0.1, -0.05) is 0 Å². The molecule has 4 nitrogen and oxygen atoms in total. The molecule has 1 rings (SSSR count). The van der Waals surface area contributed by atoms with Gasteiger partial charge in [-0.05, 0) is 19.9 Å². The third-order valence-corrected chi connectivity index (χ3v) is 2.33. The molecule has 0 amide bonds. The lowest BCUT2D eigenvalue weighted by atomic mass is 10.1. The Labute approximate surface area is 94.8 Å². The number of aromatic amines is 1. The average molecular weight is 217 g/mol. The number of H-pyrrole nitrogens is 1. The van der Waals surface area contributed by atoms with Gasteiger partial charge in [0.15, 0.2) is 0 Å². The quantitative estimate of drug-likeness (QED) is 0.779. The highest BCUT2D eigenvalue weighted by atomic mass is 16.1. The van der Waals surface area contributed by atoms with E-state index in [4.69, 9.17) is 5.26 Å². The molecule has 4 heteroatoms. The molecule has 0 bridgehead atoms. The molecule has 1 aromatic rings. The number of hydrogen-bond acceptors (Lipinski definition) is 3. The van der Waals surface area contributed by atoms with Gasteiger partial charge < -0.3 is 9.88 Å². The molecule has 0 aliphatic rings. The van der Waals surface area contributed by atoms with Crippen molar-refractivity contribution in [2.75, 3.05) is 13.1 Å². The molecule has 0 saturated heterocycles. The van der Waals surface area contributed by atoms with E-state index in [1.807, 2.05) is 18.7 Å². The van der Waals surface area contributed by atoms with Gasteiger partial charge in [-0.25, -0.2) is 0 Å². The lowest BCUT2D eigenvalue weighted by Crippen LogP contribution is -2.16. The Morgan fingerprint density at radius 3 is 2.75 bits per heavy atom. The molecule has 1 heterocycles. The monoisotopic (exact) mass is 217 g/mol. The number of pyridine rings is 1. The molecular weight excluding hydrogens is 202 g/mol. The van der Waals surface area contributed by atoms with Crippen LogP contribution >= 0.6 is 0 Å². The Morgan fingerprint density at radius 2 is 2.25 bits per heavy atom. The van der Waals surface area contributed by atoms with Crippen molar-refractivity contribution < 1.29 is 0 Å². The minimum Gasteiger partial charge on any atom is -0.377 e. The first-order valence-electron chi connectivity index (χ1n) is 5.26. The summed E-state index contributed by atoms with van der Waals surface area (Å²) in [5.74, 6) is 0. The van der Waals surface area contributed by atoms with E-state index >= 15 is 0 Å². The van der Waals surface area contributed by atoms with Gasteiger partial charge in [-0.2, -0.15) is 5.26 Å². The Balaban J connectivity index is 3.08. The average Bonchev–Trinajstić information content (AvgIpc) is 2.31. The molecule has 0 saturated carbocycles. The molecule has 0 radical (unpaired) electrons. The molecule has 0 aliphatic heterocycles. The summed E-state index contributed by atoms with van der Waals surface area (Å²) in [7, 11) is 0. The van der Waals surface area contributed by atoms with E-state index in [0.29, 0.717) is 11.1 Å². The summed E-state index contributed by atoms with van der Waals surface area (Å²) in [4.78, 5) is 15.7. The number of nitrogens with one attached hydrogen (secondary N) is 1. The van der Waals surface area contributed by atoms with Gasteiger partial charge in [0, 0.05) is 37.1 Å². The fourth-order valence-corrected chi connectivity index (χ4v) is 1.37. The summed E-state index contributed by atoms with van der Waals surface area (Å²) in [6.45, 7) is 5.72. The van der Waals surface area contributed by atoms with E-state index in [-0.39, 0.29) is 5.56 Å². The number of hydrogen-bond donors (Lipinski definition) is 1. The second-order valence-electron chi connectivity index (χ2n) is 3.32. The number of rotatable bonds is 4. The standard InChI is InChI=1S/C12H15N3O/c1-3-15(4-2)9-11(8-13)10-5-6-14-12(16)7-10/h5-7,9H,3-4H2,1-2H3,(H,14,16). The largest absolute Gasteiger partial charge is 0.377 e. The summed E-state index contributed by atoms with van der Waals surface area (Å²) < 4.78 is 0. The maximum absolute atomic E-state index is 11.1. The normalized spacial score (nSPS) is 10.9. The summed E-state index contributed by atoms with van der Waals surface area (Å²) in [5.41, 5.74) is 0.964. The summed E-state index contributed by atoms with van der Waals surface area (Å²) >= 11 is 0. The Bertz CT molecular complexity index is 464. The molecule has 0 fully saturated rings. The summed E-state index contributed by atoms with van der Waals surface area (Å²) in [6.07, 6.45) is 3.33. The molecule has 1 N–H and O–H groups in total. The van der Waals surface area contributed by atoms with Crippen molar-refractivity contribution >= 4 is 5.57 Å². The molecule has 0 atom stereocenters. The van der Waals surface area contributed by atoms with E-state index < -0.39 is 0 Å². The van der Waals surface area contributed by atoms with Crippen molar-refractivity contribution in [1.29, 1.82) is 5.26 Å². The molecule has 0 unspecified atom stereocenters. The van der Waals surface area contributed by atoms with Crippen LogP contribution in [0.2, 0.25) is 0 Å². The number of nitrogens with zero attached hydrogens (tertiary/aromatic N) is 2. The van der Waals surface area contributed by atoms with Gasteiger partial charge >= 0.3 is 0 Å². The van der Waals surface area contributed by atoms with Crippen molar-refractivity contribution in [2.24, 2.45) is 0 Å². The summed E-state index contributed by atoms with van der Waals surface area (Å²) in [5, 5.41) is 9.05. The van der Waals surface area contributed by atoms with Crippen LogP contribution < -0.4 is 5.56 Å². The predicted molar refractivity (Wildman–Crippen MR) is 63.6 cm³/mol. The van der Waals surface area contributed by atoms with Crippen LogP contribution in [0.15, 0.2) is 29.3 Å². The van der Waals surface area contributed by atoms with Crippen LogP contribution in [-0.4, -0.2) is 23.0 Å². The minimum atomic E-state index is -0.196. The smallest absolute Gasteiger partial charge is 0.248 e. The first-order valence-corrected chi connectivity index (χ1v) is 5.26. The van der Waals surface area contributed by atoms with Crippen LogP contribution in [0.3, 0.4) is 0 Å².